The van der Waals surface area contributed by atoms with Crippen molar-refractivity contribution in [2.24, 2.45) is 5.92 Å². The lowest BCUT2D eigenvalue weighted by molar-refractivity contribution is -0.141. The van der Waals surface area contributed by atoms with Crippen LogP contribution in [-0.2, 0) is 11.2 Å². The van der Waals surface area contributed by atoms with Crippen LogP contribution in [0.1, 0.15) is 12.5 Å². The second-order valence-electron chi connectivity index (χ2n) is 3.30. The van der Waals surface area contributed by atoms with Crippen LogP contribution in [0, 0.1) is 11.7 Å². The predicted molar refractivity (Wildman–Crippen MR) is 53.6 cm³/mol. The molecule has 0 aliphatic heterocycles. The molecule has 1 rings (SSSR count). The highest BCUT2D eigenvalue weighted by Crippen LogP contribution is 2.30. The Morgan fingerprint density at radius 2 is 2.20 bits per heavy atom. The van der Waals surface area contributed by atoms with Gasteiger partial charge in [-0.2, -0.15) is 0 Å². The summed E-state index contributed by atoms with van der Waals surface area (Å²) < 4.78 is 13.0. The van der Waals surface area contributed by atoms with E-state index in [1.54, 1.807) is 0 Å². The molecule has 0 heterocycles. The van der Waals surface area contributed by atoms with Crippen LogP contribution in [0.25, 0.3) is 0 Å². The van der Waals surface area contributed by atoms with Crippen molar-refractivity contribution in [1.29, 1.82) is 0 Å². The van der Waals surface area contributed by atoms with Gasteiger partial charge in [-0.3, -0.25) is 4.79 Å². The van der Waals surface area contributed by atoms with Crippen molar-refractivity contribution in [2.75, 3.05) is 0 Å². The summed E-state index contributed by atoms with van der Waals surface area (Å²) in [6, 6.07) is 2.33. The van der Waals surface area contributed by atoms with E-state index in [1.807, 2.05) is 0 Å². The van der Waals surface area contributed by atoms with E-state index in [0.717, 1.165) is 6.07 Å². The van der Waals surface area contributed by atoms with Crippen molar-refractivity contribution in [3.05, 3.63) is 28.5 Å². The topological polar surface area (TPSA) is 57.5 Å². The van der Waals surface area contributed by atoms with E-state index in [1.165, 1.54) is 13.0 Å². The quantitative estimate of drug-likeness (QED) is 0.842. The first-order valence-corrected chi connectivity index (χ1v) is 4.70. The van der Waals surface area contributed by atoms with Crippen LogP contribution in [0.3, 0.4) is 0 Å². The zero-order valence-corrected chi connectivity index (χ0v) is 8.75. The highest BCUT2D eigenvalue weighted by molar-refractivity contribution is 6.31. The zero-order chi connectivity index (χ0) is 11.6. The van der Waals surface area contributed by atoms with E-state index in [9.17, 15) is 14.3 Å². The van der Waals surface area contributed by atoms with Gasteiger partial charge in [0.15, 0.2) is 11.6 Å². The van der Waals surface area contributed by atoms with E-state index in [-0.39, 0.29) is 17.0 Å². The van der Waals surface area contributed by atoms with Crippen LogP contribution in [0.2, 0.25) is 5.02 Å². The highest BCUT2D eigenvalue weighted by atomic mass is 35.5. The lowest BCUT2D eigenvalue weighted by Gasteiger charge is -2.10. The third kappa shape index (κ3) is 2.59. The Morgan fingerprint density at radius 1 is 1.60 bits per heavy atom. The SMILES string of the molecule is CC(Cc1c(Cl)ccc(F)c1O)C(=O)O. The molecular weight excluding hydrogens is 223 g/mol. The molecular formula is C10H10ClFO3. The Kier molecular flexibility index (Phi) is 3.52. The molecule has 0 aliphatic carbocycles. The number of phenols is 1. The van der Waals surface area contributed by atoms with E-state index < -0.39 is 23.5 Å². The van der Waals surface area contributed by atoms with Gasteiger partial charge in [-0.1, -0.05) is 18.5 Å². The van der Waals surface area contributed by atoms with Gasteiger partial charge in [0, 0.05) is 10.6 Å². The minimum Gasteiger partial charge on any atom is -0.505 e. The predicted octanol–water partition coefficient (Wildman–Crippen LogP) is 2.45. The summed E-state index contributed by atoms with van der Waals surface area (Å²) in [6.45, 7) is 1.46. The molecule has 1 aromatic rings. The Bertz CT molecular complexity index is 392. The van der Waals surface area contributed by atoms with Gasteiger partial charge in [0.25, 0.3) is 0 Å². The molecule has 0 aliphatic rings. The number of hydrogen-bond acceptors (Lipinski definition) is 2. The number of benzene rings is 1. The fourth-order valence-electron chi connectivity index (χ4n) is 1.17. The Balaban J connectivity index is 3.03. The van der Waals surface area contributed by atoms with E-state index >= 15 is 0 Å². The minimum atomic E-state index is -1.02. The fraction of sp³-hybridized carbons (Fsp3) is 0.300. The third-order valence-electron chi connectivity index (χ3n) is 2.11. The number of carbonyl (C=O) groups is 1. The lowest BCUT2D eigenvalue weighted by Crippen LogP contribution is -2.12. The molecule has 15 heavy (non-hydrogen) atoms. The van der Waals surface area contributed by atoms with Crippen molar-refractivity contribution in [1.82, 2.24) is 0 Å². The Labute approximate surface area is 91.1 Å². The maximum absolute atomic E-state index is 13.0. The van der Waals surface area contributed by atoms with Crippen LogP contribution < -0.4 is 0 Å². The second-order valence-corrected chi connectivity index (χ2v) is 3.71. The number of hydrogen-bond donors (Lipinski definition) is 2. The van der Waals surface area contributed by atoms with Crippen molar-refractivity contribution in [2.45, 2.75) is 13.3 Å². The normalized spacial score (nSPS) is 12.5. The van der Waals surface area contributed by atoms with Crippen molar-refractivity contribution in [3.8, 4) is 5.75 Å². The minimum absolute atomic E-state index is 0.00222. The highest BCUT2D eigenvalue weighted by Gasteiger charge is 2.18. The molecule has 5 heteroatoms. The molecule has 0 radical (unpaired) electrons. The van der Waals surface area contributed by atoms with Gasteiger partial charge in [0.05, 0.1) is 5.92 Å². The van der Waals surface area contributed by atoms with Crippen molar-refractivity contribution >= 4 is 17.6 Å². The van der Waals surface area contributed by atoms with Gasteiger partial charge in [-0.15, -0.1) is 0 Å². The van der Waals surface area contributed by atoms with E-state index in [2.05, 4.69) is 0 Å². The average Bonchev–Trinajstić information content (AvgIpc) is 2.18. The van der Waals surface area contributed by atoms with E-state index in [4.69, 9.17) is 16.7 Å². The van der Waals surface area contributed by atoms with Crippen LogP contribution in [0.4, 0.5) is 4.39 Å². The summed E-state index contributed by atoms with van der Waals surface area (Å²) >= 11 is 5.73. The van der Waals surface area contributed by atoms with Crippen LogP contribution >= 0.6 is 11.6 Å². The third-order valence-corrected chi connectivity index (χ3v) is 2.46. The number of rotatable bonds is 3. The number of aromatic hydroxyl groups is 1. The van der Waals surface area contributed by atoms with Crippen LogP contribution in [-0.4, -0.2) is 16.2 Å². The van der Waals surface area contributed by atoms with Crippen LogP contribution in [0.15, 0.2) is 12.1 Å². The van der Waals surface area contributed by atoms with Gasteiger partial charge in [0.1, 0.15) is 0 Å². The summed E-state index contributed by atoms with van der Waals surface area (Å²) in [6.07, 6.45) is -0.00222. The van der Waals surface area contributed by atoms with Crippen molar-refractivity contribution < 1.29 is 19.4 Å². The molecule has 0 saturated heterocycles. The Morgan fingerprint density at radius 3 is 2.73 bits per heavy atom. The molecule has 0 saturated carbocycles. The van der Waals surface area contributed by atoms with Gasteiger partial charge >= 0.3 is 5.97 Å². The molecule has 0 amide bonds. The summed E-state index contributed by atoms with van der Waals surface area (Å²) in [5.74, 6) is -3.12. The zero-order valence-electron chi connectivity index (χ0n) is 8.00. The molecule has 0 spiro atoms. The number of phenolic OH excluding ortho intramolecular Hbond substituents is 1. The number of halogens is 2. The maximum Gasteiger partial charge on any atom is 0.306 e. The number of carboxylic acids is 1. The molecule has 0 bridgehead atoms. The van der Waals surface area contributed by atoms with Gasteiger partial charge in [0.2, 0.25) is 0 Å². The molecule has 1 aromatic carbocycles. The monoisotopic (exact) mass is 232 g/mol. The Hall–Kier alpha value is -1.29. The molecule has 82 valence electrons. The van der Waals surface area contributed by atoms with Gasteiger partial charge in [-0.25, -0.2) is 4.39 Å². The summed E-state index contributed by atoms with van der Waals surface area (Å²) in [5, 5.41) is 18.2. The average molecular weight is 233 g/mol. The largest absolute Gasteiger partial charge is 0.505 e. The molecule has 3 nitrogen and oxygen atoms in total. The van der Waals surface area contributed by atoms with Gasteiger partial charge < -0.3 is 10.2 Å². The number of aliphatic carboxylic acids is 1. The molecule has 1 atom stereocenters. The maximum atomic E-state index is 13.0. The fourth-order valence-corrected chi connectivity index (χ4v) is 1.40. The number of carboxylic acid groups (broad SMARTS) is 1. The molecule has 0 aromatic heterocycles. The molecule has 1 unspecified atom stereocenters. The second kappa shape index (κ2) is 4.49. The molecule has 0 fully saturated rings. The van der Waals surface area contributed by atoms with E-state index in [0.29, 0.717) is 0 Å². The lowest BCUT2D eigenvalue weighted by atomic mass is 10.0. The van der Waals surface area contributed by atoms with Crippen molar-refractivity contribution in [3.63, 3.8) is 0 Å². The van der Waals surface area contributed by atoms with Gasteiger partial charge in [-0.05, 0) is 18.6 Å². The molecule has 2 N–H and O–H groups in total. The first-order valence-electron chi connectivity index (χ1n) is 4.32. The summed E-state index contributed by atoms with van der Waals surface area (Å²) in [4.78, 5) is 10.6. The summed E-state index contributed by atoms with van der Waals surface area (Å²) in [5.41, 5.74) is 0.131. The first-order chi connectivity index (χ1) is 6.93. The standard InChI is InChI=1S/C10H10ClFO3/c1-5(10(14)15)4-6-7(11)2-3-8(12)9(6)13/h2-3,5,13H,4H2,1H3,(H,14,15). The summed E-state index contributed by atoms with van der Waals surface area (Å²) in [7, 11) is 0. The van der Waals surface area contributed by atoms with Crippen LogP contribution in [0.5, 0.6) is 5.75 Å². The smallest absolute Gasteiger partial charge is 0.306 e. The first kappa shape index (κ1) is 11.8.